The van der Waals surface area contributed by atoms with Gasteiger partial charge in [-0.25, -0.2) is 0 Å². The molecule has 2 aromatic carbocycles. The Morgan fingerprint density at radius 2 is 1.75 bits per heavy atom. The highest BCUT2D eigenvalue weighted by Gasteiger charge is 2.20. The molecule has 0 unspecified atom stereocenters. The summed E-state index contributed by atoms with van der Waals surface area (Å²) in [6, 6.07) is 16.2. The normalized spacial score (nSPS) is 13.3. The van der Waals surface area contributed by atoms with Gasteiger partial charge in [0.25, 0.3) is 0 Å². The van der Waals surface area contributed by atoms with E-state index in [1.807, 2.05) is 36.4 Å². The van der Waals surface area contributed by atoms with Crippen molar-refractivity contribution in [1.82, 2.24) is 15.1 Å². The number of amides is 2. The van der Waals surface area contributed by atoms with Gasteiger partial charge >= 0.3 is 0 Å². The number of benzene rings is 2. The number of likely N-dealkylation sites (N-methyl/N-ethyl adjacent to an activating group) is 1. The standard InChI is InChI=1S/C30H41N5O5/c1-33(23-29(36)32-15-7-6-14-31)30(37)11-8-20-40-27-13-12-24(21-28(27)39-3)22-34-16-18-35(19-17-34)25-9-4-5-10-26(25)38-2/h4-5,9-10,12-13,21H,6-8,11,15-20,22-23H2,1-3H3,(H,32,36). The van der Waals surface area contributed by atoms with E-state index in [1.54, 1.807) is 21.3 Å². The molecule has 1 N–H and O–H groups in total. The van der Waals surface area contributed by atoms with Crippen molar-refractivity contribution in [3.8, 4) is 23.3 Å². The van der Waals surface area contributed by atoms with Crippen LogP contribution in [0.1, 0.15) is 31.2 Å². The second kappa shape index (κ2) is 16.2. The Kier molecular flexibility index (Phi) is 12.4. The fourth-order valence-corrected chi connectivity index (χ4v) is 4.58. The predicted octanol–water partition coefficient (Wildman–Crippen LogP) is 3.06. The smallest absolute Gasteiger partial charge is 0.239 e. The summed E-state index contributed by atoms with van der Waals surface area (Å²) in [6.45, 7) is 5.37. The highest BCUT2D eigenvalue weighted by Crippen LogP contribution is 2.30. The number of piperazine rings is 1. The predicted molar refractivity (Wildman–Crippen MR) is 154 cm³/mol. The molecule has 40 heavy (non-hydrogen) atoms. The Balaban J connectivity index is 1.40. The summed E-state index contributed by atoms with van der Waals surface area (Å²) in [7, 11) is 4.94. The third-order valence-corrected chi connectivity index (χ3v) is 6.82. The zero-order valence-electron chi connectivity index (χ0n) is 23.9. The molecular weight excluding hydrogens is 510 g/mol. The van der Waals surface area contributed by atoms with Gasteiger partial charge in [0.2, 0.25) is 11.8 Å². The van der Waals surface area contributed by atoms with Crippen LogP contribution in [0.2, 0.25) is 0 Å². The van der Waals surface area contributed by atoms with Crippen LogP contribution in [0.15, 0.2) is 42.5 Å². The van der Waals surface area contributed by atoms with Crippen LogP contribution in [0.5, 0.6) is 17.2 Å². The van der Waals surface area contributed by atoms with Crippen molar-refractivity contribution in [1.29, 1.82) is 5.26 Å². The number of methoxy groups -OCH3 is 2. The first-order chi connectivity index (χ1) is 19.4. The lowest BCUT2D eigenvalue weighted by atomic mass is 10.1. The van der Waals surface area contributed by atoms with E-state index in [1.165, 1.54) is 4.90 Å². The fraction of sp³-hybridized carbons (Fsp3) is 0.500. The quantitative estimate of drug-likeness (QED) is 0.337. The van der Waals surface area contributed by atoms with Gasteiger partial charge in [-0.15, -0.1) is 0 Å². The number of anilines is 1. The minimum atomic E-state index is -0.229. The minimum absolute atomic E-state index is 0.00295. The van der Waals surface area contributed by atoms with Gasteiger partial charge in [0, 0.05) is 59.2 Å². The Morgan fingerprint density at radius 3 is 2.48 bits per heavy atom. The molecule has 10 heteroatoms. The third-order valence-electron chi connectivity index (χ3n) is 6.82. The van der Waals surface area contributed by atoms with Gasteiger partial charge in [-0.3, -0.25) is 14.5 Å². The van der Waals surface area contributed by atoms with Crippen LogP contribution >= 0.6 is 0 Å². The van der Waals surface area contributed by atoms with Crippen molar-refractivity contribution in [3.05, 3.63) is 48.0 Å². The van der Waals surface area contributed by atoms with Crippen LogP contribution in [0.3, 0.4) is 0 Å². The third kappa shape index (κ3) is 9.35. The van der Waals surface area contributed by atoms with E-state index in [0.29, 0.717) is 43.9 Å². The van der Waals surface area contributed by atoms with Gasteiger partial charge in [0.15, 0.2) is 11.5 Å². The summed E-state index contributed by atoms with van der Waals surface area (Å²) < 4.78 is 17.0. The molecule has 3 rings (SSSR count). The van der Waals surface area contributed by atoms with Crippen molar-refractivity contribution in [3.63, 3.8) is 0 Å². The fourth-order valence-electron chi connectivity index (χ4n) is 4.58. The van der Waals surface area contributed by atoms with Gasteiger partial charge in [-0.05, 0) is 42.7 Å². The molecule has 2 amide bonds. The van der Waals surface area contributed by atoms with Gasteiger partial charge in [-0.2, -0.15) is 5.26 Å². The molecule has 1 saturated heterocycles. The number of unbranched alkanes of at least 4 members (excludes halogenated alkanes) is 1. The van der Waals surface area contributed by atoms with Crippen LogP contribution < -0.4 is 24.4 Å². The second-order valence-electron chi connectivity index (χ2n) is 9.73. The molecule has 0 aromatic heterocycles. The average Bonchev–Trinajstić information content (AvgIpc) is 2.98. The number of para-hydroxylation sites is 2. The Labute approximate surface area is 237 Å². The summed E-state index contributed by atoms with van der Waals surface area (Å²) in [5.41, 5.74) is 2.28. The highest BCUT2D eigenvalue weighted by atomic mass is 16.5. The summed E-state index contributed by atoms with van der Waals surface area (Å²) in [5, 5.41) is 11.3. The van der Waals surface area contributed by atoms with Gasteiger partial charge in [0.1, 0.15) is 5.75 Å². The number of carbonyl (C=O) groups is 2. The topological polar surface area (TPSA) is 107 Å². The van der Waals surface area contributed by atoms with E-state index in [9.17, 15) is 9.59 Å². The minimum Gasteiger partial charge on any atom is -0.495 e. The monoisotopic (exact) mass is 551 g/mol. The molecule has 0 saturated carbocycles. The average molecular weight is 552 g/mol. The first kappa shape index (κ1) is 30.6. The molecule has 1 fully saturated rings. The van der Waals surface area contributed by atoms with Crippen molar-refractivity contribution in [2.45, 2.75) is 32.2 Å². The maximum atomic E-state index is 12.4. The van der Waals surface area contributed by atoms with E-state index in [2.05, 4.69) is 27.2 Å². The van der Waals surface area contributed by atoms with Gasteiger partial charge < -0.3 is 29.3 Å². The van der Waals surface area contributed by atoms with Crippen molar-refractivity contribution in [2.24, 2.45) is 0 Å². The van der Waals surface area contributed by atoms with Crippen LogP contribution in [-0.2, 0) is 16.1 Å². The number of hydrogen-bond acceptors (Lipinski definition) is 8. The van der Waals surface area contributed by atoms with Crippen LogP contribution in [0.4, 0.5) is 5.69 Å². The molecule has 0 atom stereocenters. The molecule has 0 bridgehead atoms. The van der Waals surface area contributed by atoms with Gasteiger partial charge in [0.05, 0.1) is 39.1 Å². The number of carbonyl (C=O) groups excluding carboxylic acids is 2. The molecule has 0 aliphatic carbocycles. The van der Waals surface area contributed by atoms with Crippen LogP contribution in [0, 0.1) is 11.3 Å². The SMILES string of the molecule is COc1cc(CN2CCN(c3ccccc3OC)CC2)ccc1OCCCC(=O)N(C)CC(=O)NCCCC#N. The van der Waals surface area contributed by atoms with Crippen molar-refractivity contribution in [2.75, 3.05) is 72.0 Å². The van der Waals surface area contributed by atoms with E-state index in [-0.39, 0.29) is 24.8 Å². The zero-order valence-corrected chi connectivity index (χ0v) is 23.9. The molecule has 10 nitrogen and oxygen atoms in total. The summed E-state index contributed by atoms with van der Waals surface area (Å²) in [4.78, 5) is 30.5. The molecule has 1 aliphatic rings. The number of ether oxygens (including phenoxy) is 3. The Hall–Kier alpha value is -3.97. The number of nitrogens with zero attached hydrogens (tertiary/aromatic N) is 4. The molecule has 0 spiro atoms. The maximum Gasteiger partial charge on any atom is 0.239 e. The zero-order chi connectivity index (χ0) is 28.7. The second-order valence-corrected chi connectivity index (χ2v) is 9.73. The molecule has 0 radical (unpaired) electrons. The maximum absolute atomic E-state index is 12.4. The van der Waals surface area contributed by atoms with Crippen molar-refractivity contribution < 1.29 is 23.8 Å². The van der Waals surface area contributed by atoms with Crippen LogP contribution in [0.25, 0.3) is 0 Å². The first-order valence-corrected chi connectivity index (χ1v) is 13.7. The van der Waals surface area contributed by atoms with E-state index < -0.39 is 0 Å². The Morgan fingerprint density at radius 1 is 1.00 bits per heavy atom. The Bertz CT molecular complexity index is 1140. The molecule has 1 heterocycles. The number of nitriles is 1. The van der Waals surface area contributed by atoms with Crippen LogP contribution in [-0.4, -0.2) is 88.8 Å². The van der Waals surface area contributed by atoms with Crippen molar-refractivity contribution >= 4 is 17.5 Å². The van der Waals surface area contributed by atoms with E-state index in [0.717, 1.165) is 49.7 Å². The lowest BCUT2D eigenvalue weighted by Gasteiger charge is -2.36. The summed E-state index contributed by atoms with van der Waals surface area (Å²) in [6.07, 6.45) is 1.79. The van der Waals surface area contributed by atoms with E-state index in [4.69, 9.17) is 19.5 Å². The molecular formula is C30H41N5O5. The first-order valence-electron chi connectivity index (χ1n) is 13.7. The lowest BCUT2D eigenvalue weighted by Crippen LogP contribution is -2.46. The molecule has 216 valence electrons. The highest BCUT2D eigenvalue weighted by molar-refractivity contribution is 5.84. The molecule has 2 aromatic rings. The lowest BCUT2D eigenvalue weighted by molar-refractivity contribution is -0.134. The number of nitrogens with one attached hydrogen (secondary N) is 1. The summed E-state index contributed by atoms with van der Waals surface area (Å²) >= 11 is 0. The molecule has 1 aliphatic heterocycles. The number of rotatable bonds is 15. The number of hydrogen-bond donors (Lipinski definition) is 1. The van der Waals surface area contributed by atoms with Gasteiger partial charge in [-0.1, -0.05) is 18.2 Å². The summed E-state index contributed by atoms with van der Waals surface area (Å²) in [5.74, 6) is 1.86. The van der Waals surface area contributed by atoms with E-state index >= 15 is 0 Å². The largest absolute Gasteiger partial charge is 0.495 e.